The average Bonchev–Trinajstić information content (AvgIpc) is 2.10. The molecule has 0 unspecified atom stereocenters. The van der Waals surface area contributed by atoms with E-state index in [0.29, 0.717) is 0 Å². The number of hydrogen-bond acceptors (Lipinski definition) is 6. The van der Waals surface area contributed by atoms with Crippen molar-refractivity contribution in [3.05, 3.63) is 35.5 Å². The van der Waals surface area contributed by atoms with Crippen LogP contribution >= 0.6 is 0 Å². The van der Waals surface area contributed by atoms with Crippen LogP contribution < -0.4 is 15.3 Å². The predicted octanol–water partition coefficient (Wildman–Crippen LogP) is -2.96. The van der Waals surface area contributed by atoms with Crippen molar-refractivity contribution in [1.82, 2.24) is 0 Å². The van der Waals surface area contributed by atoms with E-state index in [2.05, 4.69) is 0 Å². The molecule has 0 aromatic carbocycles. The molecule has 154 valence electrons. The molecule has 0 rings (SSSR count). The van der Waals surface area contributed by atoms with E-state index >= 15 is 0 Å². The van der Waals surface area contributed by atoms with Gasteiger partial charge in [-0.15, -0.1) is 17.3 Å². The van der Waals surface area contributed by atoms with Crippen LogP contribution in [-0.2, 0) is 14.4 Å². The molecule has 0 heterocycles. The smallest absolute Gasteiger partial charge is 0.876 e. The van der Waals surface area contributed by atoms with Crippen LogP contribution in [0, 0.1) is 36.9 Å². The third-order valence-corrected chi connectivity index (χ3v) is 1.22. The monoisotopic (exact) mass is 520 g/mol. The first kappa shape index (κ1) is 43.8. The number of carbonyl (C=O) groups excluding carboxylic acids is 3. The van der Waals surface area contributed by atoms with Crippen molar-refractivity contribution in [2.75, 3.05) is 0 Å². The Morgan fingerprint density at radius 2 is 0.640 bits per heavy atom. The summed E-state index contributed by atoms with van der Waals surface area (Å²) in [5.74, 6) is -1.12. The molecule has 0 fully saturated rings. The van der Waals surface area contributed by atoms with Crippen LogP contribution in [-0.4, -0.2) is 33.8 Å². The first-order valence-electron chi connectivity index (χ1n) is 5.96. The quantitative estimate of drug-likeness (QED) is 0.280. The van der Waals surface area contributed by atoms with E-state index in [4.69, 9.17) is 0 Å². The summed E-state index contributed by atoms with van der Waals surface area (Å²) in [6, 6.07) is 0. The van der Waals surface area contributed by atoms with Gasteiger partial charge in [0.25, 0.3) is 0 Å². The molecule has 25 heavy (non-hydrogen) atoms. The van der Waals surface area contributed by atoms with Gasteiger partial charge in [-0.05, 0) is 39.0 Å². The first-order chi connectivity index (χ1) is 9.38. The molecule has 0 saturated carbocycles. The van der Waals surface area contributed by atoms with E-state index in [-0.39, 0.29) is 87.9 Å². The number of rotatable bonds is 3. The van der Waals surface area contributed by atoms with Crippen molar-refractivity contribution < 1.29 is 83.0 Å². The predicted molar refractivity (Wildman–Crippen MR) is 84.2 cm³/mol. The second kappa shape index (κ2) is 27.6. The van der Waals surface area contributed by atoms with Crippen LogP contribution in [0.2, 0.25) is 0 Å². The van der Waals surface area contributed by atoms with Crippen LogP contribution in [0.3, 0.4) is 0 Å². The largest absolute Gasteiger partial charge is 3.00 e. The molecule has 0 aliphatic rings. The minimum Gasteiger partial charge on any atom is -0.876 e. The molecule has 0 amide bonds. The molecule has 0 aliphatic carbocycles. The molecule has 6 N–H and O–H groups in total. The molecule has 10 heteroatoms. The summed E-state index contributed by atoms with van der Waals surface area (Å²) in [6.45, 7) is 8.09. The fourth-order valence-electron chi connectivity index (χ4n) is 0.859. The Hall–Kier alpha value is -1.26. The minimum atomic E-state index is -0.187. The minimum absolute atomic E-state index is 0. The molecule has 0 spiro atoms. The Kier molecular flexibility index (Phi) is 48.3. The maximum absolute atomic E-state index is 9.98. The van der Waals surface area contributed by atoms with Gasteiger partial charge in [0.1, 0.15) is 0 Å². The Morgan fingerprint density at radius 1 is 0.520 bits per heavy atom. The van der Waals surface area contributed by atoms with Gasteiger partial charge >= 0.3 is 36.9 Å². The molecule has 0 radical (unpaired) electrons. The van der Waals surface area contributed by atoms with Gasteiger partial charge in [0, 0.05) is 0 Å². The van der Waals surface area contributed by atoms with E-state index < -0.39 is 0 Å². The average molecular weight is 520 g/mol. The second-order valence-corrected chi connectivity index (χ2v) is 4.10. The van der Waals surface area contributed by atoms with Gasteiger partial charge in [0.15, 0.2) is 17.3 Å². The van der Waals surface area contributed by atoms with E-state index in [1.165, 1.54) is 41.5 Å². The normalized spacial score (nSPS) is 9.60. The molecule has 0 aromatic heterocycles. The van der Waals surface area contributed by atoms with Crippen LogP contribution in [0.15, 0.2) is 35.5 Å². The maximum Gasteiger partial charge on any atom is 3.00 e. The van der Waals surface area contributed by atoms with Gasteiger partial charge in [-0.1, -0.05) is 20.8 Å². The van der Waals surface area contributed by atoms with E-state index in [1.54, 1.807) is 0 Å². The van der Waals surface area contributed by atoms with Crippen LogP contribution in [0.25, 0.3) is 0 Å². The van der Waals surface area contributed by atoms with Crippen molar-refractivity contribution in [3.63, 3.8) is 0 Å². The summed E-state index contributed by atoms with van der Waals surface area (Å²) in [4.78, 5) is 29.9. The number of carbonyl (C=O) groups is 3. The molecule has 0 atom stereocenters. The summed E-state index contributed by atoms with van der Waals surface area (Å²) in [5, 5.41) is 29.9. The summed E-state index contributed by atoms with van der Waals surface area (Å²) in [5.41, 5.74) is 0. The summed E-state index contributed by atoms with van der Waals surface area (Å²) < 4.78 is 0. The fraction of sp³-hybridized carbons (Fsp3) is 0.400. The van der Waals surface area contributed by atoms with Gasteiger partial charge in [0.05, 0.1) is 0 Å². The van der Waals surface area contributed by atoms with Gasteiger partial charge in [-0.3, -0.25) is 14.4 Å². The van der Waals surface area contributed by atoms with Crippen LogP contribution in [0.1, 0.15) is 41.5 Å². The van der Waals surface area contributed by atoms with E-state index in [0.717, 1.165) is 18.2 Å². The number of allylic oxidation sites excluding steroid dienone is 6. The molecule has 9 nitrogen and oxygen atoms in total. The van der Waals surface area contributed by atoms with Crippen LogP contribution in [0.5, 0.6) is 0 Å². The Balaban J connectivity index is -0.0000000360. The Bertz CT molecular complexity index is 373. The second-order valence-electron chi connectivity index (χ2n) is 4.10. The molecule has 0 aliphatic heterocycles. The molecule has 0 aromatic rings. The van der Waals surface area contributed by atoms with Crippen molar-refractivity contribution >= 4 is 17.3 Å². The third-order valence-electron chi connectivity index (χ3n) is 1.22. The number of hydrogen-bond donors (Lipinski definition) is 0. The zero-order chi connectivity index (χ0) is 17.6. The summed E-state index contributed by atoms with van der Waals surface area (Å²) in [7, 11) is 0. The number of ketones is 3. The summed E-state index contributed by atoms with van der Waals surface area (Å²) >= 11 is 0. The summed E-state index contributed by atoms with van der Waals surface area (Å²) in [6.07, 6.45) is 3.17. The van der Waals surface area contributed by atoms with Crippen LogP contribution in [0.4, 0.5) is 0 Å². The molecular weight excluding hydrogens is 493 g/mol. The maximum atomic E-state index is 9.98. The third kappa shape index (κ3) is 84.8. The van der Waals surface area contributed by atoms with Gasteiger partial charge in [-0.25, -0.2) is 0 Å². The molecule has 0 saturated heterocycles. The molecule has 0 bridgehead atoms. The van der Waals surface area contributed by atoms with Gasteiger partial charge in [0.2, 0.25) is 0 Å². The zero-order valence-corrected chi connectivity index (χ0v) is 16.7. The van der Waals surface area contributed by atoms with Crippen molar-refractivity contribution in [2.24, 2.45) is 0 Å². The van der Waals surface area contributed by atoms with Gasteiger partial charge in [-0.2, -0.15) is 0 Å². The van der Waals surface area contributed by atoms with E-state index in [9.17, 15) is 29.7 Å². The Morgan fingerprint density at radius 3 is 0.640 bits per heavy atom. The fourth-order valence-corrected chi connectivity index (χ4v) is 0.859. The Labute approximate surface area is 176 Å². The zero-order valence-electron chi connectivity index (χ0n) is 15.0. The topological polar surface area (TPSA) is 215 Å². The SMILES string of the molecule is CC(=O)C=C(C)[O-].CC(=O)C=C(C)[O-].CC(=O)C=C(C)[O-].O.O.O.[Tm+3]. The van der Waals surface area contributed by atoms with E-state index in [1.807, 2.05) is 0 Å². The van der Waals surface area contributed by atoms with Crippen molar-refractivity contribution in [1.29, 1.82) is 0 Å². The first-order valence-corrected chi connectivity index (χ1v) is 5.96. The molecular formula is C15H27O9Tm. The standard InChI is InChI=1S/3C5H8O2.3H2O.Tm/c3*1-4(6)3-5(2)7;;;;/h3*3,6H,1-2H3;3*1H2;/q;;;;;;+3/p-3. The van der Waals surface area contributed by atoms with Crippen molar-refractivity contribution in [2.45, 2.75) is 41.5 Å². The van der Waals surface area contributed by atoms with Crippen molar-refractivity contribution in [3.8, 4) is 0 Å². The van der Waals surface area contributed by atoms with Gasteiger partial charge < -0.3 is 31.7 Å².